The maximum absolute atomic E-state index is 13.2. The number of benzene rings is 2. The quantitative estimate of drug-likeness (QED) is 0.620. The van der Waals surface area contributed by atoms with E-state index in [1.54, 1.807) is 12.1 Å². The van der Waals surface area contributed by atoms with Gasteiger partial charge in [-0.2, -0.15) is 0 Å². The number of amides is 4. The number of urea groups is 1. The zero-order chi connectivity index (χ0) is 23.6. The molecule has 4 amide bonds. The fourth-order valence-electron chi connectivity index (χ4n) is 4.48. The van der Waals surface area contributed by atoms with E-state index in [0.717, 1.165) is 16.0 Å². The molecule has 1 spiro atoms. The summed E-state index contributed by atoms with van der Waals surface area (Å²) in [5.74, 6) is 0.587. The molecule has 0 saturated carbocycles. The summed E-state index contributed by atoms with van der Waals surface area (Å²) in [7, 11) is 4.53. The number of fused-ring (bicyclic) bond motifs is 1. The van der Waals surface area contributed by atoms with Gasteiger partial charge < -0.3 is 24.8 Å². The van der Waals surface area contributed by atoms with Crippen LogP contribution in [0.2, 0.25) is 0 Å². The summed E-state index contributed by atoms with van der Waals surface area (Å²) < 4.78 is 16.0. The van der Waals surface area contributed by atoms with Gasteiger partial charge in [0.25, 0.3) is 5.91 Å². The van der Waals surface area contributed by atoms with Crippen LogP contribution in [-0.4, -0.2) is 56.2 Å². The molecule has 9 heteroatoms. The van der Waals surface area contributed by atoms with Crippen LogP contribution in [0.5, 0.6) is 17.2 Å². The van der Waals surface area contributed by atoms with Gasteiger partial charge in [0.15, 0.2) is 11.5 Å². The molecule has 4 rings (SSSR count). The summed E-state index contributed by atoms with van der Waals surface area (Å²) in [5.41, 5.74) is 1.97. The predicted molar refractivity (Wildman–Crippen MR) is 119 cm³/mol. The highest BCUT2D eigenvalue weighted by molar-refractivity contribution is 6.09. The van der Waals surface area contributed by atoms with Gasteiger partial charge in [-0.1, -0.05) is 24.3 Å². The molecular weight excluding hydrogens is 426 g/mol. The van der Waals surface area contributed by atoms with Gasteiger partial charge in [-0.15, -0.1) is 0 Å². The fraction of sp³-hybridized carbons (Fsp3) is 0.375. The van der Waals surface area contributed by atoms with Gasteiger partial charge in [0.05, 0.1) is 21.3 Å². The number of nitrogens with zero attached hydrogens (tertiary/aromatic N) is 1. The van der Waals surface area contributed by atoms with Crippen molar-refractivity contribution >= 4 is 17.8 Å². The molecule has 0 bridgehead atoms. The number of imide groups is 1. The van der Waals surface area contributed by atoms with Crippen molar-refractivity contribution in [2.75, 3.05) is 27.9 Å². The number of carbonyl (C=O) groups is 3. The normalized spacial score (nSPS) is 19.2. The number of hydrogen-bond donors (Lipinski definition) is 2. The first-order chi connectivity index (χ1) is 15.9. The van der Waals surface area contributed by atoms with Crippen LogP contribution in [0.1, 0.15) is 23.1 Å². The highest BCUT2D eigenvalue weighted by Crippen LogP contribution is 2.38. The van der Waals surface area contributed by atoms with E-state index in [1.807, 2.05) is 24.3 Å². The lowest BCUT2D eigenvalue weighted by Crippen LogP contribution is -2.51. The molecule has 2 aromatic carbocycles. The average molecular weight is 453 g/mol. The van der Waals surface area contributed by atoms with Gasteiger partial charge in [0.1, 0.15) is 12.1 Å². The lowest BCUT2D eigenvalue weighted by atomic mass is 9.78. The molecule has 0 radical (unpaired) electrons. The van der Waals surface area contributed by atoms with Crippen molar-refractivity contribution in [2.45, 2.75) is 31.3 Å². The average Bonchev–Trinajstić information content (AvgIpc) is 3.05. The lowest BCUT2D eigenvalue weighted by Gasteiger charge is -2.32. The summed E-state index contributed by atoms with van der Waals surface area (Å²) in [6, 6.07) is 10.8. The number of hydrogen-bond acceptors (Lipinski definition) is 6. The third-order valence-electron chi connectivity index (χ3n) is 6.19. The Morgan fingerprint density at radius 2 is 1.73 bits per heavy atom. The van der Waals surface area contributed by atoms with Gasteiger partial charge in [-0.25, -0.2) is 4.79 Å². The van der Waals surface area contributed by atoms with Crippen LogP contribution in [0.4, 0.5) is 4.79 Å². The van der Waals surface area contributed by atoms with Crippen LogP contribution in [0.3, 0.4) is 0 Å². The minimum Gasteiger partial charge on any atom is -0.493 e. The SMILES string of the molecule is COc1cc(CNC(=O)CN2C(=O)NC3(CCc4ccccc4C3)C2=O)cc(OC)c1OC. The lowest BCUT2D eigenvalue weighted by molar-refractivity contribution is -0.135. The monoisotopic (exact) mass is 453 g/mol. The Bertz CT molecular complexity index is 1080. The van der Waals surface area contributed by atoms with Crippen molar-refractivity contribution in [1.29, 1.82) is 0 Å². The molecule has 1 heterocycles. The largest absolute Gasteiger partial charge is 0.493 e. The third-order valence-corrected chi connectivity index (χ3v) is 6.19. The number of rotatable bonds is 7. The molecule has 9 nitrogen and oxygen atoms in total. The van der Waals surface area contributed by atoms with E-state index in [4.69, 9.17) is 14.2 Å². The van der Waals surface area contributed by atoms with E-state index in [9.17, 15) is 14.4 Å². The molecule has 1 aliphatic carbocycles. The molecule has 1 fully saturated rings. The smallest absolute Gasteiger partial charge is 0.325 e. The fourth-order valence-corrected chi connectivity index (χ4v) is 4.48. The Kier molecular flexibility index (Phi) is 6.13. The molecule has 2 aliphatic rings. The predicted octanol–water partition coefficient (Wildman–Crippen LogP) is 1.81. The van der Waals surface area contributed by atoms with Crippen LogP contribution in [-0.2, 0) is 29.0 Å². The third kappa shape index (κ3) is 4.18. The second-order valence-electron chi connectivity index (χ2n) is 8.16. The summed E-state index contributed by atoms with van der Waals surface area (Å²) in [5, 5.41) is 5.59. The Labute approximate surface area is 192 Å². The minimum absolute atomic E-state index is 0.164. The minimum atomic E-state index is -0.984. The topological polar surface area (TPSA) is 106 Å². The molecule has 0 aromatic heterocycles. The summed E-state index contributed by atoms with van der Waals surface area (Å²) in [6.07, 6.45) is 1.64. The van der Waals surface area contributed by atoms with Crippen LogP contribution < -0.4 is 24.8 Å². The van der Waals surface area contributed by atoms with Crippen molar-refractivity contribution in [2.24, 2.45) is 0 Å². The van der Waals surface area contributed by atoms with Crippen molar-refractivity contribution in [3.05, 3.63) is 53.1 Å². The zero-order valence-corrected chi connectivity index (χ0v) is 18.9. The summed E-state index contributed by atoms with van der Waals surface area (Å²) >= 11 is 0. The number of methoxy groups -OCH3 is 3. The molecule has 2 aromatic rings. The molecule has 1 unspecified atom stereocenters. The number of nitrogens with one attached hydrogen (secondary N) is 2. The maximum Gasteiger partial charge on any atom is 0.325 e. The van der Waals surface area contributed by atoms with E-state index in [1.165, 1.54) is 26.9 Å². The van der Waals surface area contributed by atoms with Crippen molar-refractivity contribution in [3.8, 4) is 17.2 Å². The first-order valence-corrected chi connectivity index (χ1v) is 10.7. The molecule has 2 N–H and O–H groups in total. The highest BCUT2D eigenvalue weighted by Gasteiger charge is 2.52. The molecule has 33 heavy (non-hydrogen) atoms. The zero-order valence-electron chi connectivity index (χ0n) is 18.9. The second kappa shape index (κ2) is 9.01. The molecule has 174 valence electrons. The first kappa shape index (κ1) is 22.4. The van der Waals surface area contributed by atoms with Gasteiger partial charge in [0.2, 0.25) is 11.7 Å². The molecular formula is C24H27N3O6. The Morgan fingerprint density at radius 1 is 1.06 bits per heavy atom. The number of carbonyl (C=O) groups excluding carboxylic acids is 3. The molecule has 1 atom stereocenters. The van der Waals surface area contributed by atoms with Crippen LogP contribution >= 0.6 is 0 Å². The molecule has 1 aliphatic heterocycles. The standard InChI is InChI=1S/C24H27N3O6/c1-31-18-10-15(11-19(32-2)21(18)33-3)13-25-20(28)14-27-22(29)24(26-23(27)30)9-8-16-6-4-5-7-17(16)12-24/h4-7,10-11H,8-9,12-14H2,1-3H3,(H,25,28)(H,26,30). The van der Waals surface area contributed by atoms with Crippen LogP contribution in [0.25, 0.3) is 0 Å². The Balaban J connectivity index is 1.41. The van der Waals surface area contributed by atoms with Crippen molar-refractivity contribution in [1.82, 2.24) is 15.5 Å². The van der Waals surface area contributed by atoms with E-state index >= 15 is 0 Å². The van der Waals surface area contributed by atoms with Gasteiger partial charge in [-0.3, -0.25) is 14.5 Å². The van der Waals surface area contributed by atoms with Crippen molar-refractivity contribution < 1.29 is 28.6 Å². The van der Waals surface area contributed by atoms with Gasteiger partial charge >= 0.3 is 6.03 Å². The van der Waals surface area contributed by atoms with Crippen LogP contribution in [0.15, 0.2) is 36.4 Å². The second-order valence-corrected chi connectivity index (χ2v) is 8.16. The van der Waals surface area contributed by atoms with E-state index < -0.39 is 17.5 Å². The maximum atomic E-state index is 13.2. The summed E-state index contributed by atoms with van der Waals surface area (Å²) in [6.45, 7) is -0.184. The Morgan fingerprint density at radius 3 is 2.36 bits per heavy atom. The van der Waals surface area contributed by atoms with Crippen LogP contribution in [0, 0.1) is 0 Å². The highest BCUT2D eigenvalue weighted by atomic mass is 16.5. The molecule has 1 saturated heterocycles. The van der Waals surface area contributed by atoms with Crippen molar-refractivity contribution in [3.63, 3.8) is 0 Å². The van der Waals surface area contributed by atoms with E-state index in [0.29, 0.717) is 36.5 Å². The van der Waals surface area contributed by atoms with Gasteiger partial charge in [-0.05, 0) is 41.7 Å². The number of aryl methyl sites for hydroxylation is 1. The first-order valence-electron chi connectivity index (χ1n) is 10.7. The van der Waals surface area contributed by atoms with E-state index in [-0.39, 0.29) is 19.0 Å². The van der Waals surface area contributed by atoms with E-state index in [2.05, 4.69) is 10.6 Å². The Hall–Kier alpha value is -3.75. The summed E-state index contributed by atoms with van der Waals surface area (Å²) in [4.78, 5) is 39.3. The van der Waals surface area contributed by atoms with Gasteiger partial charge in [0, 0.05) is 13.0 Å². The number of ether oxygens (including phenoxy) is 3.